The van der Waals surface area contributed by atoms with Crippen LogP contribution in [0.25, 0.3) is 10.8 Å². The van der Waals surface area contributed by atoms with Gasteiger partial charge in [0.15, 0.2) is 5.82 Å². The Morgan fingerprint density at radius 2 is 1.45 bits per heavy atom. The first-order valence-electron chi connectivity index (χ1n) is 14.0. The first-order chi connectivity index (χ1) is 18.1. The number of benzene rings is 2. The van der Waals surface area contributed by atoms with Crippen LogP contribution in [0.3, 0.4) is 0 Å². The normalized spacial score (nSPS) is 24.5. The lowest BCUT2D eigenvalue weighted by molar-refractivity contribution is -0.0696. The van der Waals surface area contributed by atoms with Crippen molar-refractivity contribution in [1.82, 2.24) is 0 Å². The predicted octanol–water partition coefficient (Wildman–Crippen LogP) is 10.4. The van der Waals surface area contributed by atoms with E-state index in [9.17, 15) is 26.3 Å². The molecule has 0 radical (unpaired) electrons. The van der Waals surface area contributed by atoms with E-state index in [1.807, 2.05) is 0 Å². The summed E-state index contributed by atoms with van der Waals surface area (Å²) in [6.07, 6.45) is 14.1. The molecule has 0 amide bonds. The second kappa shape index (κ2) is 12.6. The number of unbranched alkanes of at least 4 members (excludes halogenated alkanes) is 2. The van der Waals surface area contributed by atoms with Crippen LogP contribution in [0.1, 0.15) is 101 Å². The monoisotopic (exact) mass is 534 g/mol. The second-order valence-electron chi connectivity index (χ2n) is 11.2. The smallest absolute Gasteiger partial charge is 0.206 e. The Morgan fingerprint density at radius 1 is 0.816 bits per heavy atom. The molecule has 2 aromatic rings. The number of allylic oxidation sites excluding steroid dienone is 2. The molecule has 0 spiro atoms. The van der Waals surface area contributed by atoms with Gasteiger partial charge in [-0.1, -0.05) is 56.7 Å². The zero-order valence-electron chi connectivity index (χ0n) is 21.9. The van der Waals surface area contributed by atoms with Gasteiger partial charge in [-0.3, -0.25) is 0 Å². The molecule has 6 heteroatoms. The molecule has 0 bridgehead atoms. The molecule has 0 unspecified atom stereocenters. The summed E-state index contributed by atoms with van der Waals surface area (Å²) in [6.45, 7) is 2.25. The summed E-state index contributed by atoms with van der Waals surface area (Å²) in [6, 6.07) is 3.67. The topological polar surface area (TPSA) is 0 Å². The lowest BCUT2D eigenvalue weighted by Gasteiger charge is -2.29. The fourth-order valence-corrected chi connectivity index (χ4v) is 6.23. The number of halogens is 6. The summed E-state index contributed by atoms with van der Waals surface area (Å²) < 4.78 is 81.3. The molecule has 0 aliphatic heterocycles. The third-order valence-electron chi connectivity index (χ3n) is 8.44. The molecule has 0 aromatic heterocycles. The van der Waals surface area contributed by atoms with E-state index in [-0.39, 0.29) is 11.3 Å². The SMILES string of the molecule is CCCCCC1CCC(/C=C/C2CCC(c3cc(F)c4c(F)c(C#CC(F)(F)F)c(F)cc4c3)CC2)CC1. The molecule has 2 fully saturated rings. The Morgan fingerprint density at radius 3 is 2.05 bits per heavy atom. The van der Waals surface area contributed by atoms with Gasteiger partial charge in [0.05, 0.1) is 10.9 Å². The van der Waals surface area contributed by atoms with Gasteiger partial charge in [0, 0.05) is 5.92 Å². The molecule has 38 heavy (non-hydrogen) atoms. The zero-order valence-corrected chi connectivity index (χ0v) is 21.9. The quantitative estimate of drug-likeness (QED) is 0.143. The van der Waals surface area contributed by atoms with Gasteiger partial charge in [0.25, 0.3) is 0 Å². The van der Waals surface area contributed by atoms with Crippen molar-refractivity contribution in [2.24, 2.45) is 17.8 Å². The van der Waals surface area contributed by atoms with Crippen molar-refractivity contribution in [3.05, 3.63) is 58.9 Å². The molecule has 0 nitrogen and oxygen atoms in total. The van der Waals surface area contributed by atoms with Crippen molar-refractivity contribution in [1.29, 1.82) is 0 Å². The molecule has 4 rings (SSSR count). The molecule has 0 N–H and O–H groups in total. The van der Waals surface area contributed by atoms with Crippen molar-refractivity contribution in [2.75, 3.05) is 0 Å². The molecule has 0 heterocycles. The second-order valence-corrected chi connectivity index (χ2v) is 11.2. The highest BCUT2D eigenvalue weighted by Gasteiger charge is 2.26. The van der Waals surface area contributed by atoms with E-state index in [2.05, 4.69) is 19.1 Å². The van der Waals surface area contributed by atoms with E-state index in [1.165, 1.54) is 63.4 Å². The third kappa shape index (κ3) is 7.36. The molecule has 206 valence electrons. The minimum atomic E-state index is -4.91. The Labute approximate surface area is 221 Å². The van der Waals surface area contributed by atoms with Gasteiger partial charge in [-0.2, -0.15) is 13.2 Å². The van der Waals surface area contributed by atoms with Gasteiger partial charge in [-0.15, -0.1) is 0 Å². The maximum atomic E-state index is 14.9. The number of hydrogen-bond donors (Lipinski definition) is 0. The van der Waals surface area contributed by atoms with E-state index >= 15 is 0 Å². The van der Waals surface area contributed by atoms with Gasteiger partial charge in [0.1, 0.15) is 11.6 Å². The standard InChI is InChI=1S/C32H36F6/c1-2-3-4-5-21-6-8-22(9-7-21)10-11-23-12-14-24(15-13-23)25-18-26-20-28(33)27(16-17-32(36,37)38)31(35)30(26)29(34)19-25/h10-11,18-24H,2-9,12-15H2,1H3/b11-10+. The van der Waals surface area contributed by atoms with Crippen LogP contribution >= 0.6 is 0 Å². The van der Waals surface area contributed by atoms with Crippen LogP contribution in [-0.4, -0.2) is 6.18 Å². The van der Waals surface area contributed by atoms with Crippen LogP contribution < -0.4 is 0 Å². The molecule has 2 aliphatic rings. The highest BCUT2D eigenvalue weighted by molar-refractivity contribution is 5.86. The van der Waals surface area contributed by atoms with Crippen molar-refractivity contribution in [2.45, 2.75) is 96.1 Å². The van der Waals surface area contributed by atoms with Crippen LogP contribution in [0.2, 0.25) is 0 Å². The average molecular weight is 535 g/mol. The molecular formula is C32H36F6. The summed E-state index contributed by atoms with van der Waals surface area (Å²) >= 11 is 0. The summed E-state index contributed by atoms with van der Waals surface area (Å²) in [4.78, 5) is 0. The Balaban J connectivity index is 1.36. The van der Waals surface area contributed by atoms with Crippen LogP contribution in [0.4, 0.5) is 26.3 Å². The van der Waals surface area contributed by atoms with Crippen LogP contribution in [-0.2, 0) is 0 Å². The van der Waals surface area contributed by atoms with Crippen molar-refractivity contribution >= 4 is 10.8 Å². The van der Waals surface area contributed by atoms with Gasteiger partial charge >= 0.3 is 6.18 Å². The van der Waals surface area contributed by atoms with Gasteiger partial charge in [0.2, 0.25) is 0 Å². The van der Waals surface area contributed by atoms with Crippen molar-refractivity contribution in [3.8, 4) is 11.8 Å². The number of rotatable bonds is 7. The molecular weight excluding hydrogens is 498 g/mol. The average Bonchev–Trinajstić information content (AvgIpc) is 2.87. The Bertz CT molecular complexity index is 1180. The summed E-state index contributed by atoms with van der Waals surface area (Å²) in [5.41, 5.74) is -0.398. The first kappa shape index (κ1) is 28.6. The summed E-state index contributed by atoms with van der Waals surface area (Å²) in [7, 11) is 0. The van der Waals surface area contributed by atoms with Gasteiger partial charge in [-0.05, 0) is 98.1 Å². The first-order valence-corrected chi connectivity index (χ1v) is 14.0. The maximum Gasteiger partial charge on any atom is 0.458 e. The van der Waals surface area contributed by atoms with Crippen molar-refractivity contribution in [3.63, 3.8) is 0 Å². The third-order valence-corrected chi connectivity index (χ3v) is 8.44. The Kier molecular flexibility index (Phi) is 9.50. The van der Waals surface area contributed by atoms with E-state index in [4.69, 9.17) is 0 Å². The van der Waals surface area contributed by atoms with Crippen LogP contribution in [0.5, 0.6) is 0 Å². The number of fused-ring (bicyclic) bond motifs is 1. The fourth-order valence-electron chi connectivity index (χ4n) is 6.23. The van der Waals surface area contributed by atoms with E-state index in [0.29, 0.717) is 17.4 Å². The van der Waals surface area contributed by atoms with Gasteiger partial charge < -0.3 is 0 Å². The molecule has 0 saturated heterocycles. The maximum absolute atomic E-state index is 14.9. The highest BCUT2D eigenvalue weighted by atomic mass is 19.4. The van der Waals surface area contributed by atoms with E-state index in [0.717, 1.165) is 43.6 Å². The molecule has 2 aromatic carbocycles. The minimum Gasteiger partial charge on any atom is -0.206 e. The lowest BCUT2D eigenvalue weighted by Crippen LogP contribution is -2.15. The largest absolute Gasteiger partial charge is 0.458 e. The highest BCUT2D eigenvalue weighted by Crippen LogP contribution is 2.40. The minimum absolute atomic E-state index is 0.000116. The summed E-state index contributed by atoms with van der Waals surface area (Å²) in [5, 5.41) is -0.529. The summed E-state index contributed by atoms with van der Waals surface area (Å²) in [5.74, 6) is 0.922. The predicted molar refractivity (Wildman–Crippen MR) is 140 cm³/mol. The van der Waals surface area contributed by atoms with Crippen LogP contribution in [0.15, 0.2) is 30.4 Å². The Hall–Kier alpha value is -2.42. The van der Waals surface area contributed by atoms with E-state index in [1.54, 1.807) is 6.07 Å². The number of alkyl halides is 3. The zero-order chi connectivity index (χ0) is 27.3. The van der Waals surface area contributed by atoms with E-state index < -0.39 is 34.6 Å². The molecule has 2 aliphatic carbocycles. The fraction of sp³-hybridized carbons (Fsp3) is 0.562. The lowest BCUT2D eigenvalue weighted by atomic mass is 9.76. The van der Waals surface area contributed by atoms with Gasteiger partial charge in [-0.25, -0.2) is 13.2 Å². The number of hydrogen-bond acceptors (Lipinski definition) is 0. The molecule has 2 saturated carbocycles. The van der Waals surface area contributed by atoms with Crippen LogP contribution in [0, 0.1) is 47.0 Å². The van der Waals surface area contributed by atoms with Crippen molar-refractivity contribution < 1.29 is 26.3 Å². The molecule has 0 atom stereocenters.